The van der Waals surface area contributed by atoms with Crippen LogP contribution in [0, 0.1) is 17.8 Å². The molecule has 4 nitrogen and oxygen atoms in total. The van der Waals surface area contributed by atoms with Crippen LogP contribution in [0.4, 0.5) is 0 Å². The van der Waals surface area contributed by atoms with E-state index in [0.717, 1.165) is 13.1 Å². The molecule has 0 aliphatic rings. The molecule has 0 spiro atoms. The minimum atomic E-state index is 0.285. The van der Waals surface area contributed by atoms with Gasteiger partial charge in [-0.2, -0.15) is 0 Å². The maximum absolute atomic E-state index is 8.35. The van der Waals surface area contributed by atoms with Gasteiger partial charge in [-0.1, -0.05) is 32.9 Å². The number of hydrogen-bond acceptors (Lipinski definition) is 3. The second-order valence-corrected chi connectivity index (χ2v) is 4.70. The Bertz CT molecular complexity index is 182. The van der Waals surface area contributed by atoms with Gasteiger partial charge in [0.05, 0.1) is 0 Å². The molecule has 0 aliphatic heterocycles. The maximum atomic E-state index is 8.35. The highest BCUT2D eigenvalue weighted by atomic mass is 16.4. The van der Waals surface area contributed by atoms with Crippen molar-refractivity contribution >= 4 is 5.84 Å². The Morgan fingerprint density at radius 2 is 1.80 bits per heavy atom. The number of hydrogen-bond donors (Lipinski definition) is 3. The van der Waals surface area contributed by atoms with E-state index in [1.807, 2.05) is 0 Å². The zero-order chi connectivity index (χ0) is 11.8. The number of nitrogens with two attached hydrogens (primary N) is 1. The van der Waals surface area contributed by atoms with E-state index in [1.54, 1.807) is 0 Å². The molecule has 0 saturated heterocycles. The van der Waals surface area contributed by atoms with Crippen molar-refractivity contribution in [3.63, 3.8) is 0 Å². The average Bonchev–Trinajstić information content (AvgIpc) is 2.15. The summed E-state index contributed by atoms with van der Waals surface area (Å²) in [4.78, 5) is 0. The van der Waals surface area contributed by atoms with Gasteiger partial charge in [0.1, 0.15) is 5.84 Å². The van der Waals surface area contributed by atoms with E-state index in [4.69, 9.17) is 10.9 Å². The number of amidine groups is 1. The highest BCUT2D eigenvalue weighted by Crippen LogP contribution is 2.19. The third-order valence-electron chi connectivity index (χ3n) is 2.78. The van der Waals surface area contributed by atoms with Gasteiger partial charge in [-0.05, 0) is 24.3 Å². The summed E-state index contributed by atoms with van der Waals surface area (Å²) in [6.07, 6.45) is 0.597. The van der Waals surface area contributed by atoms with Crippen LogP contribution in [-0.2, 0) is 0 Å². The highest BCUT2D eigenvalue weighted by Gasteiger charge is 2.16. The zero-order valence-electron chi connectivity index (χ0n) is 10.3. The molecule has 90 valence electrons. The lowest BCUT2D eigenvalue weighted by atomic mass is 9.85. The maximum Gasteiger partial charge on any atom is 0.140 e. The van der Waals surface area contributed by atoms with Crippen molar-refractivity contribution in [3.05, 3.63) is 0 Å². The van der Waals surface area contributed by atoms with E-state index in [0.29, 0.717) is 24.2 Å². The van der Waals surface area contributed by atoms with Crippen molar-refractivity contribution in [1.82, 2.24) is 5.32 Å². The van der Waals surface area contributed by atoms with Crippen LogP contribution in [-0.4, -0.2) is 24.1 Å². The number of nitrogens with one attached hydrogen (secondary N) is 1. The van der Waals surface area contributed by atoms with Gasteiger partial charge in [-0.3, -0.25) is 0 Å². The lowest BCUT2D eigenvalue weighted by Crippen LogP contribution is -2.32. The van der Waals surface area contributed by atoms with E-state index < -0.39 is 0 Å². The van der Waals surface area contributed by atoms with E-state index in [1.165, 1.54) is 0 Å². The summed E-state index contributed by atoms with van der Waals surface area (Å²) in [6, 6.07) is 0. The highest BCUT2D eigenvalue weighted by molar-refractivity contribution is 5.79. The van der Waals surface area contributed by atoms with Crippen LogP contribution in [0.2, 0.25) is 0 Å². The Balaban J connectivity index is 3.73. The number of rotatable bonds is 7. The molecule has 0 rings (SSSR count). The predicted octanol–water partition coefficient (Wildman–Crippen LogP) is 1.64. The van der Waals surface area contributed by atoms with Gasteiger partial charge in [0.15, 0.2) is 0 Å². The molecule has 0 aromatic rings. The fraction of sp³-hybridized carbons (Fsp3) is 0.909. The molecule has 0 bridgehead atoms. The first kappa shape index (κ1) is 14.2. The molecule has 0 aromatic carbocycles. The molecular formula is C11H25N3O. The van der Waals surface area contributed by atoms with Gasteiger partial charge >= 0.3 is 0 Å². The molecule has 0 aliphatic carbocycles. The predicted molar refractivity (Wildman–Crippen MR) is 64.1 cm³/mol. The Labute approximate surface area is 92.9 Å². The molecular weight excluding hydrogens is 190 g/mol. The third kappa shape index (κ3) is 6.33. The lowest BCUT2D eigenvalue weighted by molar-refractivity contribution is 0.277. The number of nitrogens with zero attached hydrogens (tertiary/aromatic N) is 1. The monoisotopic (exact) mass is 215 g/mol. The Hall–Kier alpha value is -0.770. The number of oxime groups is 1. The molecule has 0 atom stereocenters. The van der Waals surface area contributed by atoms with Crippen LogP contribution < -0.4 is 11.1 Å². The Morgan fingerprint density at radius 1 is 1.27 bits per heavy atom. The van der Waals surface area contributed by atoms with Crippen LogP contribution in [0.5, 0.6) is 0 Å². The van der Waals surface area contributed by atoms with E-state index in [2.05, 4.69) is 38.2 Å². The van der Waals surface area contributed by atoms with E-state index in [9.17, 15) is 0 Å². The third-order valence-corrected chi connectivity index (χ3v) is 2.78. The summed E-state index contributed by atoms with van der Waals surface area (Å²) in [7, 11) is 0. The fourth-order valence-electron chi connectivity index (χ4n) is 1.78. The summed E-state index contributed by atoms with van der Waals surface area (Å²) in [5, 5.41) is 14.6. The van der Waals surface area contributed by atoms with Crippen LogP contribution >= 0.6 is 0 Å². The summed E-state index contributed by atoms with van der Waals surface area (Å²) in [5.41, 5.74) is 5.37. The van der Waals surface area contributed by atoms with Crippen LogP contribution in [0.15, 0.2) is 5.16 Å². The SMILES string of the molecule is CC(C)C(CNCCC(N)=NO)C(C)C. The van der Waals surface area contributed by atoms with Gasteiger partial charge in [-0.25, -0.2) is 0 Å². The average molecular weight is 215 g/mol. The minimum absolute atomic E-state index is 0.285. The van der Waals surface area contributed by atoms with Crippen molar-refractivity contribution in [2.24, 2.45) is 28.6 Å². The van der Waals surface area contributed by atoms with Crippen molar-refractivity contribution in [1.29, 1.82) is 0 Å². The molecule has 0 heterocycles. The minimum Gasteiger partial charge on any atom is -0.409 e. The van der Waals surface area contributed by atoms with Crippen LogP contribution in [0.3, 0.4) is 0 Å². The lowest BCUT2D eigenvalue weighted by Gasteiger charge is -2.25. The van der Waals surface area contributed by atoms with Gasteiger partial charge < -0.3 is 16.3 Å². The second kappa shape index (κ2) is 7.51. The molecule has 0 fully saturated rings. The normalized spacial score (nSPS) is 13.1. The standard InChI is InChI=1S/C11H25N3O/c1-8(2)10(9(3)4)7-13-6-5-11(12)14-15/h8-10,13,15H,5-7H2,1-4H3,(H2,12,14). The van der Waals surface area contributed by atoms with Crippen molar-refractivity contribution in [2.75, 3.05) is 13.1 Å². The van der Waals surface area contributed by atoms with E-state index >= 15 is 0 Å². The largest absolute Gasteiger partial charge is 0.409 e. The molecule has 15 heavy (non-hydrogen) atoms. The topological polar surface area (TPSA) is 70.6 Å². The summed E-state index contributed by atoms with van der Waals surface area (Å²) in [5.74, 6) is 2.33. The molecule has 0 radical (unpaired) electrons. The molecule has 0 amide bonds. The van der Waals surface area contributed by atoms with Crippen molar-refractivity contribution < 1.29 is 5.21 Å². The van der Waals surface area contributed by atoms with Gasteiger partial charge in [0, 0.05) is 13.0 Å². The first-order chi connectivity index (χ1) is 6.99. The van der Waals surface area contributed by atoms with E-state index in [-0.39, 0.29) is 5.84 Å². The Kier molecular flexibility index (Phi) is 7.13. The van der Waals surface area contributed by atoms with Crippen molar-refractivity contribution in [3.8, 4) is 0 Å². The summed E-state index contributed by atoms with van der Waals surface area (Å²) >= 11 is 0. The van der Waals surface area contributed by atoms with Gasteiger partial charge in [0.2, 0.25) is 0 Å². The molecule has 0 aromatic heterocycles. The zero-order valence-corrected chi connectivity index (χ0v) is 10.3. The second-order valence-electron chi connectivity index (χ2n) is 4.70. The molecule has 0 unspecified atom stereocenters. The summed E-state index contributed by atoms with van der Waals surface area (Å²) < 4.78 is 0. The molecule has 4 N–H and O–H groups in total. The van der Waals surface area contributed by atoms with Crippen molar-refractivity contribution in [2.45, 2.75) is 34.1 Å². The molecule has 0 saturated carbocycles. The fourth-order valence-corrected chi connectivity index (χ4v) is 1.78. The van der Waals surface area contributed by atoms with Gasteiger partial charge in [-0.15, -0.1) is 0 Å². The van der Waals surface area contributed by atoms with Gasteiger partial charge in [0.25, 0.3) is 0 Å². The van der Waals surface area contributed by atoms with Crippen LogP contribution in [0.25, 0.3) is 0 Å². The quantitative estimate of drug-likeness (QED) is 0.199. The smallest absolute Gasteiger partial charge is 0.140 e. The Morgan fingerprint density at radius 3 is 2.20 bits per heavy atom. The first-order valence-corrected chi connectivity index (χ1v) is 5.66. The first-order valence-electron chi connectivity index (χ1n) is 5.66. The summed E-state index contributed by atoms with van der Waals surface area (Å²) in [6.45, 7) is 10.7. The van der Waals surface area contributed by atoms with Crippen LogP contribution in [0.1, 0.15) is 34.1 Å². The molecule has 4 heteroatoms.